The maximum atomic E-state index is 14.9. The Bertz CT molecular complexity index is 1260. The number of amides is 1. The van der Waals surface area contributed by atoms with Gasteiger partial charge in [-0.2, -0.15) is 0 Å². The molecule has 0 spiro atoms. The number of halogens is 2. The van der Waals surface area contributed by atoms with Crippen molar-refractivity contribution in [1.29, 1.82) is 0 Å². The summed E-state index contributed by atoms with van der Waals surface area (Å²) < 4.78 is 33.9. The molecule has 2 N–H and O–H groups in total. The van der Waals surface area contributed by atoms with Gasteiger partial charge in [-0.1, -0.05) is 36.8 Å². The molecule has 37 heavy (non-hydrogen) atoms. The van der Waals surface area contributed by atoms with Gasteiger partial charge >= 0.3 is 5.97 Å². The molecule has 0 unspecified atom stereocenters. The third-order valence-electron chi connectivity index (χ3n) is 6.54. The van der Waals surface area contributed by atoms with Gasteiger partial charge in [0, 0.05) is 36.4 Å². The normalized spacial score (nSPS) is 13.7. The van der Waals surface area contributed by atoms with E-state index < -0.39 is 17.6 Å². The number of carbonyl (C=O) groups excluding carboxylic acids is 2. The SMILES string of the molecule is COC(=O)c1c(F)cccc1-c1ccc(CNc2cccc(C(=O)NCCN3CCCCC3)c2)c(F)c1. The Balaban J connectivity index is 1.38. The van der Waals surface area contributed by atoms with E-state index in [4.69, 9.17) is 0 Å². The lowest BCUT2D eigenvalue weighted by Gasteiger charge is -2.26. The van der Waals surface area contributed by atoms with Crippen molar-refractivity contribution in [3.8, 4) is 11.1 Å². The van der Waals surface area contributed by atoms with E-state index in [9.17, 15) is 18.4 Å². The number of benzene rings is 3. The van der Waals surface area contributed by atoms with Crippen LogP contribution in [0.1, 0.15) is 45.5 Å². The number of carbonyl (C=O) groups is 2. The van der Waals surface area contributed by atoms with Gasteiger partial charge in [-0.05, 0) is 67.4 Å². The Kier molecular flexibility index (Phi) is 8.85. The topological polar surface area (TPSA) is 70.7 Å². The second-order valence-corrected chi connectivity index (χ2v) is 9.05. The Morgan fingerprint density at radius 3 is 2.49 bits per heavy atom. The summed E-state index contributed by atoms with van der Waals surface area (Å²) in [7, 11) is 1.17. The first-order valence-electron chi connectivity index (χ1n) is 12.5. The lowest BCUT2D eigenvalue weighted by Crippen LogP contribution is -2.37. The second-order valence-electron chi connectivity index (χ2n) is 9.05. The van der Waals surface area contributed by atoms with Crippen LogP contribution in [0.5, 0.6) is 0 Å². The number of esters is 1. The Morgan fingerprint density at radius 1 is 0.946 bits per heavy atom. The third kappa shape index (κ3) is 6.71. The summed E-state index contributed by atoms with van der Waals surface area (Å²) in [5, 5.41) is 6.12. The molecule has 1 aliphatic rings. The van der Waals surface area contributed by atoms with Crippen molar-refractivity contribution in [1.82, 2.24) is 10.2 Å². The van der Waals surface area contributed by atoms with Crippen molar-refractivity contribution in [2.75, 3.05) is 38.6 Å². The van der Waals surface area contributed by atoms with Crippen molar-refractivity contribution in [3.63, 3.8) is 0 Å². The Hall–Kier alpha value is -3.78. The van der Waals surface area contributed by atoms with Crippen LogP contribution >= 0.6 is 0 Å². The van der Waals surface area contributed by atoms with E-state index in [-0.39, 0.29) is 23.6 Å². The van der Waals surface area contributed by atoms with Gasteiger partial charge < -0.3 is 20.3 Å². The van der Waals surface area contributed by atoms with Gasteiger partial charge in [0.1, 0.15) is 17.2 Å². The van der Waals surface area contributed by atoms with Crippen LogP contribution in [0.3, 0.4) is 0 Å². The van der Waals surface area contributed by atoms with E-state index in [1.807, 2.05) is 6.07 Å². The molecule has 1 fully saturated rings. The van der Waals surface area contributed by atoms with Crippen LogP contribution in [0, 0.1) is 11.6 Å². The van der Waals surface area contributed by atoms with Crippen LogP contribution < -0.4 is 10.6 Å². The van der Waals surface area contributed by atoms with Gasteiger partial charge in [0.15, 0.2) is 0 Å². The van der Waals surface area contributed by atoms with Crippen molar-refractivity contribution in [3.05, 3.63) is 89.0 Å². The zero-order valence-corrected chi connectivity index (χ0v) is 20.9. The average Bonchev–Trinajstić information content (AvgIpc) is 2.92. The summed E-state index contributed by atoms with van der Waals surface area (Å²) in [6.07, 6.45) is 3.70. The third-order valence-corrected chi connectivity index (χ3v) is 6.54. The maximum Gasteiger partial charge on any atom is 0.341 e. The van der Waals surface area contributed by atoms with Gasteiger partial charge in [0.05, 0.1) is 7.11 Å². The highest BCUT2D eigenvalue weighted by atomic mass is 19.1. The maximum absolute atomic E-state index is 14.9. The number of ether oxygens (including phenoxy) is 1. The lowest BCUT2D eigenvalue weighted by molar-refractivity contribution is 0.0596. The number of nitrogens with zero attached hydrogens (tertiary/aromatic N) is 1. The van der Waals surface area contributed by atoms with Gasteiger partial charge in [-0.25, -0.2) is 13.6 Å². The van der Waals surface area contributed by atoms with Crippen molar-refractivity contribution >= 4 is 17.6 Å². The van der Waals surface area contributed by atoms with Crippen LogP contribution in [0.25, 0.3) is 11.1 Å². The highest BCUT2D eigenvalue weighted by molar-refractivity contribution is 5.97. The molecule has 0 bridgehead atoms. The number of rotatable bonds is 9. The fraction of sp³-hybridized carbons (Fsp3) is 0.310. The molecule has 0 atom stereocenters. The van der Waals surface area contributed by atoms with Crippen molar-refractivity contribution in [2.24, 2.45) is 0 Å². The molecule has 1 heterocycles. The molecule has 1 amide bonds. The number of hydrogen-bond acceptors (Lipinski definition) is 5. The minimum Gasteiger partial charge on any atom is -0.465 e. The molecule has 6 nitrogen and oxygen atoms in total. The lowest BCUT2D eigenvalue weighted by atomic mass is 9.98. The Labute approximate surface area is 215 Å². The van der Waals surface area contributed by atoms with E-state index in [1.54, 1.807) is 36.4 Å². The quantitative estimate of drug-likeness (QED) is 0.388. The van der Waals surface area contributed by atoms with E-state index in [0.29, 0.717) is 28.9 Å². The summed E-state index contributed by atoms with van der Waals surface area (Å²) in [6.45, 7) is 3.79. The number of anilines is 1. The molecule has 3 aromatic rings. The monoisotopic (exact) mass is 507 g/mol. The minimum atomic E-state index is -0.824. The number of nitrogens with one attached hydrogen (secondary N) is 2. The molecule has 194 valence electrons. The number of likely N-dealkylation sites (tertiary alicyclic amines) is 1. The first-order chi connectivity index (χ1) is 18.0. The van der Waals surface area contributed by atoms with Gasteiger partial charge in [0.2, 0.25) is 0 Å². The predicted octanol–water partition coefficient (Wildman–Crippen LogP) is 5.25. The molecule has 0 aliphatic carbocycles. The van der Waals surface area contributed by atoms with Crippen LogP contribution in [0.2, 0.25) is 0 Å². The molecule has 1 aliphatic heterocycles. The van der Waals surface area contributed by atoms with Gasteiger partial charge in [-0.3, -0.25) is 4.79 Å². The van der Waals surface area contributed by atoms with Gasteiger partial charge in [-0.15, -0.1) is 0 Å². The minimum absolute atomic E-state index is 0.146. The Morgan fingerprint density at radius 2 is 1.73 bits per heavy atom. The molecule has 4 rings (SSSR count). The zero-order valence-electron chi connectivity index (χ0n) is 20.9. The molecule has 3 aromatic carbocycles. The summed E-state index contributed by atoms with van der Waals surface area (Å²) >= 11 is 0. The van der Waals surface area contributed by atoms with Crippen LogP contribution in [0.15, 0.2) is 60.7 Å². The van der Waals surface area contributed by atoms with E-state index in [1.165, 1.54) is 38.5 Å². The summed E-state index contributed by atoms with van der Waals surface area (Å²) in [6, 6.07) is 15.7. The van der Waals surface area contributed by atoms with Crippen molar-refractivity contribution in [2.45, 2.75) is 25.8 Å². The molecule has 0 radical (unpaired) electrons. The first kappa shape index (κ1) is 26.3. The molecular weight excluding hydrogens is 476 g/mol. The highest BCUT2D eigenvalue weighted by Gasteiger charge is 2.19. The fourth-order valence-electron chi connectivity index (χ4n) is 4.51. The van der Waals surface area contributed by atoms with E-state index in [2.05, 4.69) is 20.3 Å². The van der Waals surface area contributed by atoms with E-state index in [0.717, 1.165) is 25.7 Å². The predicted molar refractivity (Wildman–Crippen MR) is 140 cm³/mol. The molecule has 0 aromatic heterocycles. The zero-order chi connectivity index (χ0) is 26.2. The van der Waals surface area contributed by atoms with E-state index >= 15 is 0 Å². The summed E-state index contributed by atoms with van der Waals surface area (Å²) in [4.78, 5) is 27.0. The number of hydrogen-bond donors (Lipinski definition) is 2. The van der Waals surface area contributed by atoms with Crippen molar-refractivity contribution < 1.29 is 23.1 Å². The molecule has 8 heteroatoms. The molecule has 1 saturated heterocycles. The largest absolute Gasteiger partial charge is 0.465 e. The van der Waals surface area contributed by atoms with Crippen LogP contribution in [0.4, 0.5) is 14.5 Å². The highest BCUT2D eigenvalue weighted by Crippen LogP contribution is 2.28. The van der Waals surface area contributed by atoms with Crippen LogP contribution in [-0.4, -0.2) is 50.1 Å². The standard InChI is InChI=1S/C29H31F2N3O3/c1-37-29(36)27-24(9-6-10-25(27)30)20-11-12-22(26(31)18-20)19-33-23-8-5-7-21(17-23)28(35)32-13-16-34-14-3-2-4-15-34/h5-12,17-18,33H,2-4,13-16,19H2,1H3,(H,32,35). The van der Waals surface area contributed by atoms with Gasteiger partial charge in [0.25, 0.3) is 5.91 Å². The summed E-state index contributed by atoms with van der Waals surface area (Å²) in [5.74, 6) is -2.20. The smallest absolute Gasteiger partial charge is 0.341 e. The molecular formula is C29H31F2N3O3. The average molecular weight is 508 g/mol. The number of methoxy groups -OCH3 is 1. The first-order valence-corrected chi connectivity index (χ1v) is 12.5. The fourth-order valence-corrected chi connectivity index (χ4v) is 4.51. The number of piperidine rings is 1. The molecule has 0 saturated carbocycles. The summed E-state index contributed by atoms with van der Waals surface area (Å²) in [5.41, 5.74) is 1.98. The van der Waals surface area contributed by atoms with Crippen LogP contribution in [-0.2, 0) is 11.3 Å². The second kappa shape index (κ2) is 12.5.